The summed E-state index contributed by atoms with van der Waals surface area (Å²) in [5, 5.41) is 0. The van der Waals surface area contributed by atoms with Gasteiger partial charge in [-0.3, -0.25) is 4.89 Å². The van der Waals surface area contributed by atoms with Gasteiger partial charge in [0, 0.05) is 0 Å². The first kappa shape index (κ1) is 18.8. The third-order valence-electron chi connectivity index (χ3n) is 3.35. The lowest BCUT2D eigenvalue weighted by Crippen LogP contribution is -1.99. The van der Waals surface area contributed by atoms with Crippen LogP contribution >= 0.6 is 7.82 Å². The molecular formula is C20H21O4P. The summed E-state index contributed by atoms with van der Waals surface area (Å²) in [6, 6.07) is 25.1. The molecule has 0 heterocycles. The van der Waals surface area contributed by atoms with E-state index in [1.165, 1.54) is 11.1 Å². The maximum Gasteiger partial charge on any atom is 0.584 e. The number of para-hydroxylation sites is 2. The Kier molecular flexibility index (Phi) is 6.81. The van der Waals surface area contributed by atoms with E-state index in [0.717, 1.165) is 0 Å². The summed E-state index contributed by atoms with van der Waals surface area (Å²) in [4.78, 5) is 9.53. The van der Waals surface area contributed by atoms with Gasteiger partial charge in [-0.15, -0.1) is 0 Å². The summed E-state index contributed by atoms with van der Waals surface area (Å²) < 4.78 is 21.5. The monoisotopic (exact) mass is 356 g/mol. The van der Waals surface area contributed by atoms with Gasteiger partial charge in [0.2, 0.25) is 0 Å². The van der Waals surface area contributed by atoms with Crippen LogP contribution in [-0.2, 0) is 4.57 Å². The second kappa shape index (κ2) is 9.07. The molecule has 0 saturated carbocycles. The Morgan fingerprint density at radius 3 is 1.28 bits per heavy atom. The number of rotatable bonds is 4. The van der Waals surface area contributed by atoms with E-state index >= 15 is 0 Å². The van der Waals surface area contributed by atoms with E-state index in [1.54, 1.807) is 60.7 Å². The molecule has 5 heteroatoms. The zero-order valence-electron chi connectivity index (χ0n) is 14.2. The van der Waals surface area contributed by atoms with Crippen molar-refractivity contribution in [3.8, 4) is 11.5 Å². The lowest BCUT2D eigenvalue weighted by atomic mass is 10.1. The SMILES string of the molecule is Cc1ccccc1C.O=P(O)(Oc1ccccc1)Oc1ccccc1. The predicted molar refractivity (Wildman–Crippen MR) is 99.9 cm³/mol. The molecule has 0 radical (unpaired) electrons. The first-order valence-electron chi connectivity index (χ1n) is 7.80. The number of phosphoric ester groups is 1. The van der Waals surface area contributed by atoms with Gasteiger partial charge in [-0.25, -0.2) is 4.57 Å². The molecule has 0 spiro atoms. The molecule has 0 aromatic heterocycles. The molecule has 0 bridgehead atoms. The summed E-state index contributed by atoms with van der Waals surface area (Å²) in [5.74, 6) is 0.573. The van der Waals surface area contributed by atoms with Crippen LogP contribution in [0.1, 0.15) is 11.1 Å². The van der Waals surface area contributed by atoms with Gasteiger partial charge in [0.25, 0.3) is 0 Å². The van der Waals surface area contributed by atoms with Gasteiger partial charge in [-0.05, 0) is 49.2 Å². The van der Waals surface area contributed by atoms with E-state index in [0.29, 0.717) is 0 Å². The third kappa shape index (κ3) is 6.84. The van der Waals surface area contributed by atoms with Gasteiger partial charge in [-0.1, -0.05) is 60.7 Å². The van der Waals surface area contributed by atoms with E-state index in [2.05, 4.69) is 38.1 Å². The van der Waals surface area contributed by atoms with E-state index in [1.807, 2.05) is 0 Å². The van der Waals surface area contributed by atoms with Gasteiger partial charge in [0.05, 0.1) is 0 Å². The lowest BCUT2D eigenvalue weighted by Gasteiger charge is -2.13. The highest BCUT2D eigenvalue weighted by molar-refractivity contribution is 7.48. The van der Waals surface area contributed by atoms with Crippen molar-refractivity contribution in [3.05, 3.63) is 96.1 Å². The molecule has 0 aliphatic carbocycles. The molecule has 4 nitrogen and oxygen atoms in total. The molecule has 0 aliphatic heterocycles. The van der Waals surface area contributed by atoms with Crippen molar-refractivity contribution in [1.29, 1.82) is 0 Å². The number of benzene rings is 3. The predicted octanol–water partition coefficient (Wildman–Crippen LogP) is 5.55. The Balaban J connectivity index is 0.000000236. The minimum absolute atomic E-state index is 0.286. The Bertz CT molecular complexity index is 753. The topological polar surface area (TPSA) is 55.8 Å². The number of hydrogen-bond donors (Lipinski definition) is 1. The average molecular weight is 356 g/mol. The Morgan fingerprint density at radius 2 is 0.960 bits per heavy atom. The Hall–Kier alpha value is -2.55. The summed E-state index contributed by atoms with van der Waals surface area (Å²) in [5.41, 5.74) is 2.74. The molecule has 3 rings (SSSR count). The summed E-state index contributed by atoms with van der Waals surface area (Å²) in [6.07, 6.45) is 0. The highest BCUT2D eigenvalue weighted by Crippen LogP contribution is 2.44. The zero-order chi connectivity index (χ0) is 18.1. The maximum absolute atomic E-state index is 11.7. The highest BCUT2D eigenvalue weighted by Gasteiger charge is 2.24. The van der Waals surface area contributed by atoms with Gasteiger partial charge in [0.15, 0.2) is 0 Å². The molecule has 130 valence electrons. The van der Waals surface area contributed by atoms with Crippen LogP contribution in [0.5, 0.6) is 11.5 Å². The zero-order valence-corrected chi connectivity index (χ0v) is 15.1. The van der Waals surface area contributed by atoms with E-state index in [4.69, 9.17) is 9.05 Å². The van der Waals surface area contributed by atoms with Crippen LogP contribution < -0.4 is 9.05 Å². The lowest BCUT2D eigenvalue weighted by molar-refractivity contribution is 0.291. The van der Waals surface area contributed by atoms with Crippen molar-refractivity contribution in [2.45, 2.75) is 13.8 Å². The fraction of sp³-hybridized carbons (Fsp3) is 0.100. The van der Waals surface area contributed by atoms with Crippen molar-refractivity contribution >= 4 is 7.82 Å². The van der Waals surface area contributed by atoms with Crippen molar-refractivity contribution in [1.82, 2.24) is 0 Å². The van der Waals surface area contributed by atoms with Crippen LogP contribution in [0.4, 0.5) is 0 Å². The number of hydrogen-bond acceptors (Lipinski definition) is 3. The molecule has 0 aliphatic rings. The van der Waals surface area contributed by atoms with Crippen molar-refractivity contribution in [3.63, 3.8) is 0 Å². The fourth-order valence-electron chi connectivity index (χ4n) is 1.91. The average Bonchev–Trinajstić information content (AvgIpc) is 2.59. The molecule has 1 N–H and O–H groups in total. The van der Waals surface area contributed by atoms with Crippen molar-refractivity contribution in [2.24, 2.45) is 0 Å². The molecule has 3 aromatic carbocycles. The second-order valence-electron chi connectivity index (χ2n) is 5.36. The molecule has 0 unspecified atom stereocenters. The highest BCUT2D eigenvalue weighted by atomic mass is 31.2. The van der Waals surface area contributed by atoms with Gasteiger partial charge in [-0.2, -0.15) is 0 Å². The second-order valence-corrected chi connectivity index (χ2v) is 6.66. The summed E-state index contributed by atoms with van der Waals surface area (Å²) in [6.45, 7) is 4.24. The Morgan fingerprint density at radius 1 is 0.640 bits per heavy atom. The van der Waals surface area contributed by atoms with Gasteiger partial charge >= 0.3 is 7.82 Å². The summed E-state index contributed by atoms with van der Waals surface area (Å²) >= 11 is 0. The quantitative estimate of drug-likeness (QED) is 0.623. The van der Waals surface area contributed by atoms with E-state index in [9.17, 15) is 9.46 Å². The van der Waals surface area contributed by atoms with E-state index in [-0.39, 0.29) is 11.5 Å². The van der Waals surface area contributed by atoms with Crippen LogP contribution in [-0.4, -0.2) is 4.89 Å². The number of phosphoric acid groups is 1. The molecule has 0 atom stereocenters. The standard InChI is InChI=1S/C12H11O4P.C8H10/c13-17(14,15-11-7-3-1-4-8-11)16-12-9-5-2-6-10-12;1-7-5-3-4-6-8(7)2/h1-10H,(H,13,14);3-6H,1-2H3. The minimum Gasteiger partial charge on any atom is -0.395 e. The van der Waals surface area contributed by atoms with Gasteiger partial charge < -0.3 is 9.05 Å². The smallest absolute Gasteiger partial charge is 0.395 e. The van der Waals surface area contributed by atoms with Crippen LogP contribution in [0.3, 0.4) is 0 Å². The molecule has 25 heavy (non-hydrogen) atoms. The van der Waals surface area contributed by atoms with Crippen LogP contribution in [0, 0.1) is 13.8 Å². The van der Waals surface area contributed by atoms with E-state index < -0.39 is 7.82 Å². The molecule has 0 saturated heterocycles. The largest absolute Gasteiger partial charge is 0.584 e. The maximum atomic E-state index is 11.7. The fourth-order valence-corrected chi connectivity index (χ4v) is 2.72. The molecule has 0 fully saturated rings. The molecule has 0 amide bonds. The normalized spacial score (nSPS) is 10.4. The van der Waals surface area contributed by atoms with Crippen molar-refractivity contribution < 1.29 is 18.5 Å². The molecule has 3 aromatic rings. The third-order valence-corrected chi connectivity index (χ3v) is 4.24. The van der Waals surface area contributed by atoms with Crippen LogP contribution in [0.25, 0.3) is 0 Å². The minimum atomic E-state index is -4.14. The molecular weight excluding hydrogens is 335 g/mol. The van der Waals surface area contributed by atoms with Gasteiger partial charge in [0.1, 0.15) is 11.5 Å². The first-order valence-corrected chi connectivity index (χ1v) is 9.30. The van der Waals surface area contributed by atoms with Crippen LogP contribution in [0.15, 0.2) is 84.9 Å². The Labute approximate surface area is 148 Å². The number of aryl methyl sites for hydroxylation is 2. The summed E-state index contributed by atoms with van der Waals surface area (Å²) in [7, 11) is -4.14. The first-order chi connectivity index (χ1) is 12.0. The van der Waals surface area contributed by atoms with Crippen LogP contribution in [0.2, 0.25) is 0 Å². The van der Waals surface area contributed by atoms with Crippen molar-refractivity contribution in [2.75, 3.05) is 0 Å².